The Kier molecular flexibility index (Phi) is 8.18. The third-order valence-corrected chi connectivity index (χ3v) is 7.84. The molecule has 1 saturated heterocycles. The molecule has 5 rings (SSSR count). The molecule has 2 aromatic heterocycles. The van der Waals surface area contributed by atoms with Crippen LogP contribution in [0.15, 0.2) is 60.9 Å². The van der Waals surface area contributed by atoms with Gasteiger partial charge in [-0.3, -0.25) is 0 Å². The van der Waals surface area contributed by atoms with E-state index < -0.39 is 0 Å². The van der Waals surface area contributed by atoms with E-state index in [1.54, 1.807) is 12.4 Å². The molecule has 0 bridgehead atoms. The number of aromatic nitrogens is 3. The summed E-state index contributed by atoms with van der Waals surface area (Å²) in [5.74, 6) is 3.40. The van der Waals surface area contributed by atoms with Crippen LogP contribution in [0.4, 0.5) is 5.95 Å². The van der Waals surface area contributed by atoms with Crippen LogP contribution in [-0.2, 0) is 6.42 Å². The lowest BCUT2D eigenvalue weighted by Crippen LogP contribution is -2.38. The normalized spacial score (nSPS) is 16.5. The van der Waals surface area contributed by atoms with E-state index in [9.17, 15) is 0 Å². The van der Waals surface area contributed by atoms with Crippen LogP contribution >= 0.6 is 0 Å². The van der Waals surface area contributed by atoms with E-state index in [0.29, 0.717) is 29.7 Å². The zero-order chi connectivity index (χ0) is 26.5. The number of hydrogen-bond acceptors (Lipinski definition) is 6. The Morgan fingerprint density at radius 2 is 1.89 bits per heavy atom. The topological polar surface area (TPSA) is 72.0 Å². The lowest BCUT2D eigenvalue weighted by atomic mass is 9.90. The maximum atomic E-state index is 6.61. The Morgan fingerprint density at radius 3 is 2.71 bits per heavy atom. The minimum Gasteiger partial charge on any atom is -0.437 e. The van der Waals surface area contributed by atoms with E-state index in [2.05, 4.69) is 78.6 Å². The Balaban J connectivity index is 1.45. The average molecular weight is 510 g/mol. The van der Waals surface area contributed by atoms with Gasteiger partial charge in [-0.1, -0.05) is 51.1 Å². The van der Waals surface area contributed by atoms with Crippen molar-refractivity contribution in [1.29, 1.82) is 0 Å². The number of piperidine rings is 1. The number of hydrogen-bond donors (Lipinski definition) is 2. The summed E-state index contributed by atoms with van der Waals surface area (Å²) in [6, 6.07) is 17.1. The van der Waals surface area contributed by atoms with Gasteiger partial charge in [-0.25, -0.2) is 15.0 Å². The maximum absolute atomic E-state index is 6.61. The van der Waals surface area contributed by atoms with Crippen LogP contribution in [0.3, 0.4) is 0 Å². The van der Waals surface area contributed by atoms with Crippen molar-refractivity contribution in [2.24, 2.45) is 11.8 Å². The van der Waals surface area contributed by atoms with Crippen molar-refractivity contribution in [2.45, 2.75) is 59.4 Å². The largest absolute Gasteiger partial charge is 0.437 e. The van der Waals surface area contributed by atoms with E-state index in [-0.39, 0.29) is 0 Å². The Labute approximate surface area is 226 Å². The fraction of sp³-hybridized carbons (Fsp3) is 0.406. The van der Waals surface area contributed by atoms with Gasteiger partial charge in [-0.05, 0) is 85.7 Å². The zero-order valence-electron chi connectivity index (χ0n) is 23.0. The van der Waals surface area contributed by atoms with E-state index >= 15 is 0 Å². The molecule has 3 heterocycles. The second kappa shape index (κ2) is 11.9. The summed E-state index contributed by atoms with van der Waals surface area (Å²) in [5.41, 5.74) is 4.08. The Morgan fingerprint density at radius 1 is 1.00 bits per heavy atom. The number of nitrogens with one attached hydrogen (secondary N) is 2. The summed E-state index contributed by atoms with van der Waals surface area (Å²) in [4.78, 5) is 13.9. The van der Waals surface area contributed by atoms with Gasteiger partial charge in [0.05, 0.1) is 11.3 Å². The number of pyridine rings is 1. The molecular weight excluding hydrogens is 470 g/mol. The monoisotopic (exact) mass is 509 g/mol. The first kappa shape index (κ1) is 26.1. The molecular formula is C32H39N5O. The van der Waals surface area contributed by atoms with Gasteiger partial charge >= 0.3 is 0 Å². The van der Waals surface area contributed by atoms with Crippen molar-refractivity contribution in [3.8, 4) is 22.9 Å². The fourth-order valence-electron chi connectivity index (χ4n) is 5.07. The molecule has 0 radical (unpaired) electrons. The number of anilines is 1. The van der Waals surface area contributed by atoms with Gasteiger partial charge < -0.3 is 15.4 Å². The van der Waals surface area contributed by atoms with E-state index in [4.69, 9.17) is 9.72 Å². The molecule has 0 amide bonds. The molecule has 0 spiro atoms. The van der Waals surface area contributed by atoms with Crippen LogP contribution in [-0.4, -0.2) is 34.1 Å². The lowest BCUT2D eigenvalue weighted by molar-refractivity contribution is 0.393. The van der Waals surface area contributed by atoms with Crippen molar-refractivity contribution < 1.29 is 4.74 Å². The van der Waals surface area contributed by atoms with E-state index in [1.807, 2.05) is 18.2 Å². The molecule has 1 unspecified atom stereocenters. The number of benzene rings is 2. The molecule has 1 aliphatic rings. The minimum atomic E-state index is 0.333. The van der Waals surface area contributed by atoms with Gasteiger partial charge in [0.15, 0.2) is 0 Å². The summed E-state index contributed by atoms with van der Waals surface area (Å²) in [6.07, 6.45) is 8.06. The van der Waals surface area contributed by atoms with Crippen molar-refractivity contribution in [2.75, 3.05) is 18.4 Å². The second-order valence-corrected chi connectivity index (χ2v) is 10.9. The number of nitrogens with zero attached hydrogens (tertiary/aromatic N) is 3. The van der Waals surface area contributed by atoms with Gasteiger partial charge in [-0.2, -0.15) is 0 Å². The molecule has 2 aromatic carbocycles. The van der Waals surface area contributed by atoms with Crippen LogP contribution in [0.1, 0.15) is 51.2 Å². The van der Waals surface area contributed by atoms with Crippen molar-refractivity contribution in [3.63, 3.8) is 0 Å². The highest BCUT2D eigenvalue weighted by Gasteiger charge is 2.18. The first-order valence-corrected chi connectivity index (χ1v) is 13.9. The van der Waals surface area contributed by atoms with Crippen LogP contribution in [0, 0.1) is 18.8 Å². The third-order valence-electron chi connectivity index (χ3n) is 7.84. The summed E-state index contributed by atoms with van der Waals surface area (Å²) in [6.45, 7) is 11.0. The zero-order valence-corrected chi connectivity index (χ0v) is 23.0. The first-order valence-electron chi connectivity index (χ1n) is 13.9. The van der Waals surface area contributed by atoms with E-state index in [1.165, 1.54) is 17.4 Å². The standard InChI is InChI=1S/C32H39N5O/c1-21(2)22(3)12-14-24-8-5-10-27-26(24)15-13-23(4)30(27)38-31-28(11-7-18-34-31)29-16-19-35-32(37-29)36-25-9-6-17-33-20-25/h5,7-8,10-11,13,15-16,18-19,21-22,25,33H,6,9,12,14,17,20H2,1-4H3,(H,35,36,37)/t22?,25-/m0/s1. The van der Waals surface area contributed by atoms with Gasteiger partial charge in [0.1, 0.15) is 5.75 Å². The molecule has 4 aromatic rings. The molecule has 198 valence electrons. The molecule has 6 nitrogen and oxygen atoms in total. The molecule has 0 saturated carbocycles. The minimum absolute atomic E-state index is 0.333. The molecule has 6 heteroatoms. The predicted octanol–water partition coefficient (Wildman–Crippen LogP) is 7.18. The van der Waals surface area contributed by atoms with Gasteiger partial charge in [0.25, 0.3) is 0 Å². The first-order chi connectivity index (χ1) is 18.5. The second-order valence-electron chi connectivity index (χ2n) is 10.9. The SMILES string of the molecule is Cc1ccc2c(CCC(C)C(C)C)cccc2c1Oc1ncccc1-c1ccnc(N[C@H]2CCCNC2)n1. The number of fused-ring (bicyclic) bond motifs is 1. The molecule has 0 aliphatic carbocycles. The molecule has 1 aliphatic heterocycles. The highest BCUT2D eigenvalue weighted by molar-refractivity contribution is 5.92. The van der Waals surface area contributed by atoms with Gasteiger partial charge in [-0.15, -0.1) is 0 Å². The smallest absolute Gasteiger partial charge is 0.228 e. The summed E-state index contributed by atoms with van der Waals surface area (Å²) in [5, 5.41) is 9.28. The Hall–Kier alpha value is -3.51. The van der Waals surface area contributed by atoms with Crippen LogP contribution in [0.5, 0.6) is 11.6 Å². The van der Waals surface area contributed by atoms with Crippen molar-refractivity contribution >= 4 is 16.7 Å². The van der Waals surface area contributed by atoms with E-state index in [0.717, 1.165) is 60.3 Å². The van der Waals surface area contributed by atoms with Crippen LogP contribution in [0.2, 0.25) is 0 Å². The highest BCUT2D eigenvalue weighted by atomic mass is 16.5. The molecule has 1 fully saturated rings. The molecule has 2 N–H and O–H groups in total. The molecule has 2 atom stereocenters. The molecule has 38 heavy (non-hydrogen) atoms. The lowest BCUT2D eigenvalue weighted by Gasteiger charge is -2.23. The van der Waals surface area contributed by atoms with Gasteiger partial charge in [0.2, 0.25) is 11.8 Å². The maximum Gasteiger partial charge on any atom is 0.228 e. The number of aryl methyl sites for hydroxylation is 2. The van der Waals surface area contributed by atoms with Gasteiger partial charge in [0, 0.05) is 30.4 Å². The van der Waals surface area contributed by atoms with Crippen LogP contribution in [0.25, 0.3) is 22.0 Å². The fourth-order valence-corrected chi connectivity index (χ4v) is 5.07. The van der Waals surface area contributed by atoms with Crippen LogP contribution < -0.4 is 15.4 Å². The Bertz CT molecular complexity index is 1380. The predicted molar refractivity (Wildman–Crippen MR) is 156 cm³/mol. The summed E-state index contributed by atoms with van der Waals surface area (Å²) >= 11 is 0. The number of ether oxygens (including phenoxy) is 1. The highest BCUT2D eigenvalue weighted by Crippen LogP contribution is 2.38. The van der Waals surface area contributed by atoms with Crippen molar-refractivity contribution in [1.82, 2.24) is 20.3 Å². The quantitative estimate of drug-likeness (QED) is 0.249. The van der Waals surface area contributed by atoms with Crippen molar-refractivity contribution in [3.05, 3.63) is 72.1 Å². The summed E-state index contributed by atoms with van der Waals surface area (Å²) in [7, 11) is 0. The average Bonchev–Trinajstić information content (AvgIpc) is 2.94. The third kappa shape index (κ3) is 5.97. The summed E-state index contributed by atoms with van der Waals surface area (Å²) < 4.78 is 6.61. The number of rotatable bonds is 9.